The third-order valence-corrected chi connectivity index (χ3v) is 3.62. The fourth-order valence-corrected chi connectivity index (χ4v) is 2.28. The minimum atomic E-state index is -0.493. The van der Waals surface area contributed by atoms with Gasteiger partial charge in [-0.05, 0) is 35.9 Å². The summed E-state index contributed by atoms with van der Waals surface area (Å²) in [7, 11) is 3.08. The molecular formula is C21H22N2O5. The molecule has 0 fully saturated rings. The summed E-state index contributed by atoms with van der Waals surface area (Å²) in [5.74, 6) is 0.554. The van der Waals surface area contributed by atoms with E-state index < -0.39 is 11.8 Å². The molecular weight excluding hydrogens is 360 g/mol. The number of benzene rings is 2. The second kappa shape index (κ2) is 10.4. The van der Waals surface area contributed by atoms with E-state index in [1.165, 1.54) is 13.2 Å². The molecule has 2 amide bonds. The van der Waals surface area contributed by atoms with Crippen LogP contribution in [-0.4, -0.2) is 32.6 Å². The van der Waals surface area contributed by atoms with Crippen molar-refractivity contribution in [2.45, 2.75) is 0 Å². The molecule has 0 atom stereocenters. The molecule has 0 aliphatic carbocycles. The number of hydrogen-bond donors (Lipinski definition) is 2. The first-order valence-corrected chi connectivity index (χ1v) is 8.42. The number of carbonyl (C=O) groups excluding carboxylic acids is 2. The molecule has 28 heavy (non-hydrogen) atoms. The van der Waals surface area contributed by atoms with Gasteiger partial charge in [0.1, 0.15) is 12.4 Å². The quantitative estimate of drug-likeness (QED) is 0.417. The Morgan fingerprint density at radius 3 is 2.46 bits per heavy atom. The molecule has 2 aromatic carbocycles. The first-order valence-electron chi connectivity index (χ1n) is 8.42. The van der Waals surface area contributed by atoms with Crippen LogP contribution in [0.2, 0.25) is 0 Å². The number of carbonyl (C=O) groups is 2. The van der Waals surface area contributed by atoms with Gasteiger partial charge in [-0.2, -0.15) is 0 Å². The summed E-state index contributed by atoms with van der Waals surface area (Å²) in [5.41, 5.74) is 5.72. The van der Waals surface area contributed by atoms with Gasteiger partial charge in [0.2, 0.25) is 0 Å². The van der Waals surface area contributed by atoms with Crippen LogP contribution in [0.3, 0.4) is 0 Å². The number of rotatable bonds is 8. The van der Waals surface area contributed by atoms with Gasteiger partial charge >= 0.3 is 0 Å². The molecule has 0 aromatic heterocycles. The highest BCUT2D eigenvalue weighted by Crippen LogP contribution is 2.27. The van der Waals surface area contributed by atoms with E-state index in [1.807, 2.05) is 0 Å². The molecule has 2 rings (SSSR count). The van der Waals surface area contributed by atoms with Crippen molar-refractivity contribution >= 4 is 17.9 Å². The number of nitrogens with one attached hydrogen (secondary N) is 2. The maximum atomic E-state index is 12.3. The number of hydrogen-bond acceptors (Lipinski definition) is 5. The zero-order valence-electron chi connectivity index (χ0n) is 15.7. The first-order chi connectivity index (χ1) is 13.6. The van der Waals surface area contributed by atoms with Gasteiger partial charge in [0.05, 0.1) is 19.8 Å². The smallest absolute Gasteiger partial charge is 0.273 e. The first kappa shape index (κ1) is 20.6. The van der Waals surface area contributed by atoms with Gasteiger partial charge in [-0.25, -0.2) is 0 Å². The van der Waals surface area contributed by atoms with Gasteiger partial charge in [-0.15, -0.1) is 0 Å². The van der Waals surface area contributed by atoms with Gasteiger partial charge in [-0.3, -0.25) is 20.4 Å². The van der Waals surface area contributed by atoms with Crippen LogP contribution in [0, 0.1) is 0 Å². The Bertz CT molecular complexity index is 877. The summed E-state index contributed by atoms with van der Waals surface area (Å²) in [4.78, 5) is 24.2. The lowest BCUT2D eigenvalue weighted by Crippen LogP contribution is -2.40. The van der Waals surface area contributed by atoms with Gasteiger partial charge in [0.15, 0.2) is 11.5 Å². The van der Waals surface area contributed by atoms with Crippen LogP contribution in [0.5, 0.6) is 17.2 Å². The van der Waals surface area contributed by atoms with Gasteiger partial charge in [0, 0.05) is 6.08 Å². The summed E-state index contributed by atoms with van der Waals surface area (Å²) in [6.07, 6.45) is 4.46. The Labute approximate surface area is 163 Å². The van der Waals surface area contributed by atoms with Crippen LogP contribution >= 0.6 is 0 Å². The summed E-state index contributed by atoms with van der Waals surface area (Å²) < 4.78 is 15.8. The Morgan fingerprint density at radius 1 is 1.00 bits per heavy atom. The third kappa shape index (κ3) is 5.63. The summed E-state index contributed by atoms with van der Waals surface area (Å²) in [6.45, 7) is 3.84. The summed E-state index contributed by atoms with van der Waals surface area (Å²) >= 11 is 0. The van der Waals surface area contributed by atoms with Crippen LogP contribution in [-0.2, 0) is 4.79 Å². The lowest BCUT2D eigenvalue weighted by molar-refractivity contribution is -0.117. The van der Waals surface area contributed by atoms with Crippen LogP contribution in [0.1, 0.15) is 15.9 Å². The molecule has 0 aliphatic heterocycles. The SMILES string of the molecule is C=CCOc1ccccc1C(=O)NNC(=O)/C=C/c1ccc(OC)c(OC)c1. The topological polar surface area (TPSA) is 85.9 Å². The molecule has 7 nitrogen and oxygen atoms in total. The number of hydrazine groups is 1. The van der Waals surface area contributed by atoms with Crippen LogP contribution < -0.4 is 25.1 Å². The largest absolute Gasteiger partial charge is 0.493 e. The van der Waals surface area contributed by atoms with E-state index in [0.29, 0.717) is 22.8 Å². The fraction of sp³-hybridized carbons (Fsp3) is 0.143. The summed E-state index contributed by atoms with van der Waals surface area (Å²) in [6, 6.07) is 12.0. The van der Waals surface area contributed by atoms with E-state index >= 15 is 0 Å². The van der Waals surface area contributed by atoms with Crippen molar-refractivity contribution < 1.29 is 23.8 Å². The zero-order chi connectivity index (χ0) is 20.4. The van der Waals surface area contributed by atoms with Gasteiger partial charge in [0.25, 0.3) is 11.8 Å². The summed E-state index contributed by atoms with van der Waals surface area (Å²) in [5, 5.41) is 0. The van der Waals surface area contributed by atoms with Crippen molar-refractivity contribution in [2.24, 2.45) is 0 Å². The van der Waals surface area contributed by atoms with Crippen LogP contribution in [0.25, 0.3) is 6.08 Å². The number of para-hydroxylation sites is 1. The maximum Gasteiger partial charge on any atom is 0.273 e. The van der Waals surface area contributed by atoms with E-state index in [0.717, 1.165) is 5.56 Å². The van der Waals surface area contributed by atoms with E-state index in [2.05, 4.69) is 17.4 Å². The minimum absolute atomic E-state index is 0.269. The molecule has 0 aliphatic rings. The van der Waals surface area contributed by atoms with Gasteiger partial charge < -0.3 is 14.2 Å². The van der Waals surface area contributed by atoms with Crippen molar-refractivity contribution in [3.05, 3.63) is 72.3 Å². The molecule has 0 saturated carbocycles. The molecule has 0 bridgehead atoms. The maximum absolute atomic E-state index is 12.3. The fourth-order valence-electron chi connectivity index (χ4n) is 2.28. The molecule has 0 saturated heterocycles. The second-order valence-electron chi connectivity index (χ2n) is 5.49. The number of ether oxygens (including phenoxy) is 3. The number of amides is 2. The predicted octanol–water partition coefficient (Wildman–Crippen LogP) is 2.74. The Hall–Kier alpha value is -3.74. The molecule has 0 heterocycles. The normalized spacial score (nSPS) is 10.2. The van der Waals surface area contributed by atoms with E-state index in [1.54, 1.807) is 61.7 Å². The average molecular weight is 382 g/mol. The third-order valence-electron chi connectivity index (χ3n) is 3.62. The van der Waals surface area contributed by atoms with E-state index in [9.17, 15) is 9.59 Å². The predicted molar refractivity (Wildman–Crippen MR) is 106 cm³/mol. The van der Waals surface area contributed by atoms with E-state index in [4.69, 9.17) is 14.2 Å². The molecule has 146 valence electrons. The highest BCUT2D eigenvalue weighted by atomic mass is 16.5. The van der Waals surface area contributed by atoms with Gasteiger partial charge in [-0.1, -0.05) is 30.9 Å². The molecule has 2 aromatic rings. The van der Waals surface area contributed by atoms with Crippen molar-refractivity contribution in [1.82, 2.24) is 10.9 Å². The van der Waals surface area contributed by atoms with Crippen molar-refractivity contribution in [2.75, 3.05) is 20.8 Å². The zero-order valence-corrected chi connectivity index (χ0v) is 15.7. The molecule has 7 heteroatoms. The Kier molecular flexibility index (Phi) is 7.65. The highest BCUT2D eigenvalue weighted by molar-refractivity contribution is 5.99. The van der Waals surface area contributed by atoms with Crippen LogP contribution in [0.4, 0.5) is 0 Å². The molecule has 2 N–H and O–H groups in total. The van der Waals surface area contributed by atoms with Crippen molar-refractivity contribution in [3.8, 4) is 17.2 Å². The Morgan fingerprint density at radius 2 is 1.75 bits per heavy atom. The van der Waals surface area contributed by atoms with E-state index in [-0.39, 0.29) is 6.61 Å². The molecule has 0 radical (unpaired) electrons. The minimum Gasteiger partial charge on any atom is -0.493 e. The molecule has 0 spiro atoms. The lowest BCUT2D eigenvalue weighted by atomic mass is 10.2. The molecule has 0 unspecified atom stereocenters. The van der Waals surface area contributed by atoms with Crippen molar-refractivity contribution in [1.29, 1.82) is 0 Å². The van der Waals surface area contributed by atoms with Crippen LogP contribution in [0.15, 0.2) is 61.2 Å². The lowest BCUT2D eigenvalue weighted by Gasteiger charge is -2.10. The average Bonchev–Trinajstić information content (AvgIpc) is 2.74. The number of methoxy groups -OCH3 is 2. The Balaban J connectivity index is 1.96. The van der Waals surface area contributed by atoms with Crippen molar-refractivity contribution in [3.63, 3.8) is 0 Å². The monoisotopic (exact) mass is 382 g/mol. The highest BCUT2D eigenvalue weighted by Gasteiger charge is 2.12. The standard InChI is InChI=1S/C21H22N2O5/c1-4-13-28-17-8-6-5-7-16(17)21(25)23-22-20(24)12-10-15-9-11-18(26-2)19(14-15)27-3/h4-12,14H,1,13H2,2-3H3,(H,22,24)(H,23,25)/b12-10+. The second-order valence-corrected chi connectivity index (χ2v) is 5.49.